The highest BCUT2D eigenvalue weighted by atomic mass is 19.2. The largest absolute Gasteiger partial charge is 0.381 e. The summed E-state index contributed by atoms with van der Waals surface area (Å²) >= 11 is 0. The zero-order valence-electron chi connectivity index (χ0n) is 10.5. The van der Waals surface area contributed by atoms with Gasteiger partial charge in [0, 0.05) is 5.56 Å². The van der Waals surface area contributed by atoms with Gasteiger partial charge in [-0.25, -0.2) is 13.2 Å². The van der Waals surface area contributed by atoms with Gasteiger partial charge in [0.1, 0.15) is 0 Å². The smallest absolute Gasteiger partial charge is 0.195 e. The molecule has 0 spiro atoms. The maximum absolute atomic E-state index is 13.7. The fourth-order valence-electron chi connectivity index (χ4n) is 1.84. The van der Waals surface area contributed by atoms with Crippen LogP contribution in [-0.2, 0) is 6.42 Å². The number of hydrogen-bond acceptors (Lipinski definition) is 3. The van der Waals surface area contributed by atoms with Gasteiger partial charge in [-0.3, -0.25) is 0 Å². The van der Waals surface area contributed by atoms with E-state index in [4.69, 9.17) is 10.3 Å². The summed E-state index contributed by atoms with van der Waals surface area (Å²) in [6.45, 7) is 3.88. The lowest BCUT2D eigenvalue weighted by Crippen LogP contribution is -2.00. The molecule has 2 rings (SSSR count). The Morgan fingerprint density at radius 1 is 1.21 bits per heavy atom. The van der Waals surface area contributed by atoms with Crippen LogP contribution in [0.2, 0.25) is 0 Å². The predicted molar refractivity (Wildman–Crippen MR) is 64.8 cm³/mol. The number of nitrogen functional groups attached to an aromatic ring is 1. The van der Waals surface area contributed by atoms with Crippen LogP contribution in [0.3, 0.4) is 0 Å². The maximum atomic E-state index is 13.7. The first-order valence-electron chi connectivity index (χ1n) is 5.79. The lowest BCUT2D eigenvalue weighted by molar-refractivity contribution is 0.422. The van der Waals surface area contributed by atoms with E-state index in [9.17, 15) is 13.2 Å². The number of hydrogen-bond donors (Lipinski definition) is 1. The van der Waals surface area contributed by atoms with Crippen molar-refractivity contribution in [3.8, 4) is 11.3 Å². The molecule has 0 radical (unpaired) electrons. The van der Waals surface area contributed by atoms with Gasteiger partial charge in [-0.05, 0) is 24.5 Å². The second kappa shape index (κ2) is 4.95. The van der Waals surface area contributed by atoms with Crippen molar-refractivity contribution in [2.24, 2.45) is 5.92 Å². The maximum Gasteiger partial charge on any atom is 0.195 e. The summed E-state index contributed by atoms with van der Waals surface area (Å²) in [5.74, 6) is -3.69. The van der Waals surface area contributed by atoms with Crippen LogP contribution in [0.4, 0.5) is 19.0 Å². The van der Waals surface area contributed by atoms with E-state index in [2.05, 4.69) is 5.16 Å². The van der Waals surface area contributed by atoms with E-state index in [-0.39, 0.29) is 23.1 Å². The van der Waals surface area contributed by atoms with Crippen molar-refractivity contribution in [3.05, 3.63) is 35.1 Å². The molecule has 0 saturated carbocycles. The topological polar surface area (TPSA) is 52.0 Å². The third-order valence-electron chi connectivity index (χ3n) is 2.71. The zero-order valence-corrected chi connectivity index (χ0v) is 10.5. The molecular formula is C13H13F3N2O. The first kappa shape index (κ1) is 13.5. The molecule has 3 nitrogen and oxygen atoms in total. The van der Waals surface area contributed by atoms with E-state index in [0.29, 0.717) is 12.0 Å². The number of rotatable bonds is 3. The molecule has 0 atom stereocenters. The van der Waals surface area contributed by atoms with Gasteiger partial charge in [0.2, 0.25) is 0 Å². The Kier molecular flexibility index (Phi) is 3.50. The summed E-state index contributed by atoms with van der Waals surface area (Å²) in [6.07, 6.45) is 0.503. The molecule has 1 aromatic carbocycles. The number of halogens is 3. The van der Waals surface area contributed by atoms with Gasteiger partial charge in [0.15, 0.2) is 29.0 Å². The van der Waals surface area contributed by atoms with Crippen LogP contribution in [0.5, 0.6) is 0 Å². The van der Waals surface area contributed by atoms with Crippen LogP contribution < -0.4 is 5.73 Å². The van der Waals surface area contributed by atoms with Crippen molar-refractivity contribution in [2.75, 3.05) is 5.73 Å². The Bertz CT molecular complexity index is 608. The molecule has 2 aromatic rings. The van der Waals surface area contributed by atoms with E-state index in [1.807, 2.05) is 13.8 Å². The second-order valence-corrected chi connectivity index (χ2v) is 4.70. The third-order valence-corrected chi connectivity index (χ3v) is 2.71. The Balaban J connectivity index is 2.57. The molecule has 0 bridgehead atoms. The summed E-state index contributed by atoms with van der Waals surface area (Å²) in [7, 11) is 0. The van der Waals surface area contributed by atoms with E-state index < -0.39 is 17.5 Å². The summed E-state index contributed by atoms with van der Waals surface area (Å²) < 4.78 is 44.8. The monoisotopic (exact) mass is 270 g/mol. The van der Waals surface area contributed by atoms with Crippen molar-refractivity contribution in [3.63, 3.8) is 0 Å². The fraction of sp³-hybridized carbons (Fsp3) is 0.308. The average Bonchev–Trinajstić information content (AvgIpc) is 2.68. The third kappa shape index (κ3) is 2.43. The summed E-state index contributed by atoms with van der Waals surface area (Å²) in [4.78, 5) is 0. The first-order chi connectivity index (χ1) is 8.91. The van der Waals surface area contributed by atoms with Crippen LogP contribution in [0.1, 0.15) is 19.4 Å². The van der Waals surface area contributed by atoms with E-state index in [0.717, 1.165) is 12.1 Å². The molecule has 6 heteroatoms. The lowest BCUT2D eigenvalue weighted by Gasteiger charge is -2.06. The molecule has 19 heavy (non-hydrogen) atoms. The minimum absolute atomic E-state index is 0.0441. The molecule has 0 aliphatic heterocycles. The molecule has 2 N–H and O–H groups in total. The molecule has 102 valence electrons. The Labute approximate surface area is 108 Å². The van der Waals surface area contributed by atoms with Crippen LogP contribution in [0.15, 0.2) is 16.7 Å². The lowest BCUT2D eigenvalue weighted by atomic mass is 9.99. The Morgan fingerprint density at radius 3 is 2.53 bits per heavy atom. The van der Waals surface area contributed by atoms with Gasteiger partial charge in [0.25, 0.3) is 0 Å². The molecule has 1 aromatic heterocycles. The highest BCUT2D eigenvalue weighted by Gasteiger charge is 2.22. The van der Waals surface area contributed by atoms with Gasteiger partial charge < -0.3 is 10.3 Å². The highest BCUT2D eigenvalue weighted by molar-refractivity contribution is 5.66. The number of anilines is 1. The predicted octanol–water partition coefficient (Wildman–Crippen LogP) is 3.54. The Hall–Kier alpha value is -1.98. The average molecular weight is 270 g/mol. The summed E-state index contributed by atoms with van der Waals surface area (Å²) in [6, 6.07) is 1.95. The van der Waals surface area contributed by atoms with E-state index in [1.165, 1.54) is 0 Å². The van der Waals surface area contributed by atoms with Crippen molar-refractivity contribution in [1.29, 1.82) is 0 Å². The normalized spacial score (nSPS) is 11.3. The molecule has 0 fully saturated rings. The summed E-state index contributed by atoms with van der Waals surface area (Å²) in [5, 5.41) is 3.56. The minimum atomic E-state index is -1.54. The van der Waals surface area contributed by atoms with Crippen LogP contribution in [0, 0.1) is 23.4 Å². The zero-order chi connectivity index (χ0) is 14.2. The number of aromatic nitrogens is 1. The molecule has 0 saturated heterocycles. The molecule has 0 amide bonds. The summed E-state index contributed by atoms with van der Waals surface area (Å²) in [5.41, 5.74) is 5.97. The SMILES string of the molecule is CC(C)Cc1c(N)noc1-c1ccc(F)c(F)c1F. The highest BCUT2D eigenvalue weighted by Crippen LogP contribution is 2.32. The first-order valence-corrected chi connectivity index (χ1v) is 5.79. The van der Waals surface area contributed by atoms with Crippen molar-refractivity contribution in [1.82, 2.24) is 5.16 Å². The fourth-order valence-corrected chi connectivity index (χ4v) is 1.84. The number of nitrogens with zero attached hydrogens (tertiary/aromatic N) is 1. The Morgan fingerprint density at radius 2 is 1.89 bits per heavy atom. The van der Waals surface area contributed by atoms with Crippen LogP contribution in [-0.4, -0.2) is 5.16 Å². The molecule has 0 aliphatic rings. The van der Waals surface area contributed by atoms with E-state index >= 15 is 0 Å². The minimum Gasteiger partial charge on any atom is -0.381 e. The van der Waals surface area contributed by atoms with Gasteiger partial charge >= 0.3 is 0 Å². The quantitative estimate of drug-likeness (QED) is 0.868. The molecule has 1 heterocycles. The molecular weight excluding hydrogens is 257 g/mol. The van der Waals surface area contributed by atoms with E-state index in [1.54, 1.807) is 0 Å². The standard InChI is InChI=1S/C13H13F3N2O/c1-6(2)5-8-12(19-18-13(8)17)7-3-4-9(14)11(16)10(7)15/h3-4,6H,5H2,1-2H3,(H2,17,18). The van der Waals surface area contributed by atoms with Crippen LogP contribution >= 0.6 is 0 Å². The van der Waals surface area contributed by atoms with Crippen molar-refractivity contribution >= 4 is 5.82 Å². The van der Waals surface area contributed by atoms with Gasteiger partial charge in [-0.1, -0.05) is 19.0 Å². The number of nitrogens with two attached hydrogens (primary N) is 1. The van der Waals surface area contributed by atoms with Crippen molar-refractivity contribution < 1.29 is 17.7 Å². The molecule has 0 aliphatic carbocycles. The van der Waals surface area contributed by atoms with Crippen LogP contribution in [0.25, 0.3) is 11.3 Å². The molecule has 0 unspecified atom stereocenters. The second-order valence-electron chi connectivity index (χ2n) is 4.70. The van der Waals surface area contributed by atoms with Gasteiger partial charge in [-0.15, -0.1) is 0 Å². The van der Waals surface area contributed by atoms with Gasteiger partial charge in [0.05, 0.1) is 5.56 Å². The number of benzene rings is 1. The van der Waals surface area contributed by atoms with Crippen molar-refractivity contribution in [2.45, 2.75) is 20.3 Å². The van der Waals surface area contributed by atoms with Gasteiger partial charge in [-0.2, -0.15) is 0 Å².